The van der Waals surface area contributed by atoms with Gasteiger partial charge in [-0.3, -0.25) is 4.79 Å². The molecule has 0 saturated carbocycles. The first-order chi connectivity index (χ1) is 7.65. The number of aliphatic carboxylic acids is 1. The molecule has 1 fully saturated rings. The van der Waals surface area contributed by atoms with Crippen molar-refractivity contribution in [3.05, 3.63) is 0 Å². The van der Waals surface area contributed by atoms with Gasteiger partial charge in [-0.15, -0.1) is 0 Å². The molecule has 1 rings (SSSR count). The summed E-state index contributed by atoms with van der Waals surface area (Å²) in [7, 11) is 0. The molecular weight excluding hydrogens is 212 g/mol. The molecule has 0 unspecified atom stereocenters. The molecular formula is C10H18N2O4. The van der Waals surface area contributed by atoms with E-state index in [1.807, 2.05) is 0 Å². The Hall–Kier alpha value is -1.14. The number of amides is 1. The minimum Gasteiger partial charge on any atom is -0.479 e. The Morgan fingerprint density at radius 2 is 2.00 bits per heavy atom. The lowest BCUT2D eigenvalue weighted by Crippen LogP contribution is -2.36. The van der Waals surface area contributed by atoms with Crippen LogP contribution in [0.5, 0.6) is 0 Å². The molecule has 6 nitrogen and oxygen atoms in total. The first-order valence-corrected chi connectivity index (χ1v) is 5.51. The topological polar surface area (TPSA) is 102 Å². The molecule has 0 aromatic carbocycles. The summed E-state index contributed by atoms with van der Waals surface area (Å²) in [5.74, 6) is -1.22. The van der Waals surface area contributed by atoms with E-state index in [9.17, 15) is 9.59 Å². The molecule has 0 bridgehead atoms. The van der Waals surface area contributed by atoms with Gasteiger partial charge in [-0.05, 0) is 32.2 Å². The first kappa shape index (κ1) is 12.9. The molecule has 0 aromatic rings. The van der Waals surface area contributed by atoms with Crippen molar-refractivity contribution in [1.29, 1.82) is 0 Å². The maximum absolute atomic E-state index is 11.5. The van der Waals surface area contributed by atoms with E-state index in [2.05, 4.69) is 5.32 Å². The average Bonchev–Trinajstić information content (AvgIpc) is 2.73. The zero-order chi connectivity index (χ0) is 12.0. The van der Waals surface area contributed by atoms with Gasteiger partial charge in [-0.1, -0.05) is 0 Å². The lowest BCUT2D eigenvalue weighted by molar-refractivity contribution is -0.151. The van der Waals surface area contributed by atoms with Crippen LogP contribution >= 0.6 is 0 Å². The normalized spacial score (nSPS) is 24.3. The van der Waals surface area contributed by atoms with E-state index >= 15 is 0 Å². The lowest BCUT2D eigenvalue weighted by Gasteiger charge is -2.11. The molecule has 0 radical (unpaired) electrons. The Morgan fingerprint density at radius 3 is 2.56 bits per heavy atom. The number of rotatable bonds is 6. The van der Waals surface area contributed by atoms with Gasteiger partial charge in [0.1, 0.15) is 6.10 Å². The fraction of sp³-hybridized carbons (Fsp3) is 0.800. The van der Waals surface area contributed by atoms with Crippen molar-refractivity contribution in [2.45, 2.75) is 37.9 Å². The van der Waals surface area contributed by atoms with Crippen LogP contribution < -0.4 is 11.1 Å². The van der Waals surface area contributed by atoms with E-state index < -0.39 is 18.2 Å². The molecule has 92 valence electrons. The Balaban J connectivity index is 2.20. The Labute approximate surface area is 94.1 Å². The van der Waals surface area contributed by atoms with E-state index in [0.717, 1.165) is 12.8 Å². The van der Waals surface area contributed by atoms with Gasteiger partial charge in [0.05, 0.1) is 0 Å². The summed E-state index contributed by atoms with van der Waals surface area (Å²) in [5, 5.41) is 11.4. The van der Waals surface area contributed by atoms with Crippen molar-refractivity contribution in [3.8, 4) is 0 Å². The van der Waals surface area contributed by atoms with Gasteiger partial charge in [0.15, 0.2) is 6.10 Å². The van der Waals surface area contributed by atoms with Crippen LogP contribution in [0.2, 0.25) is 0 Å². The number of hydrogen-bond donors (Lipinski definition) is 3. The summed E-state index contributed by atoms with van der Waals surface area (Å²) in [6.07, 6.45) is 1.12. The third kappa shape index (κ3) is 3.79. The molecule has 0 spiro atoms. The molecule has 1 aliphatic rings. The van der Waals surface area contributed by atoms with Gasteiger partial charge in [0, 0.05) is 6.54 Å². The van der Waals surface area contributed by atoms with Crippen LogP contribution in [-0.4, -0.2) is 42.3 Å². The van der Waals surface area contributed by atoms with Crippen molar-refractivity contribution < 1.29 is 19.4 Å². The molecule has 1 saturated heterocycles. The highest BCUT2D eigenvalue weighted by atomic mass is 16.5. The van der Waals surface area contributed by atoms with Crippen LogP contribution in [0.4, 0.5) is 0 Å². The summed E-state index contributed by atoms with van der Waals surface area (Å²) in [6, 6.07) is 0. The summed E-state index contributed by atoms with van der Waals surface area (Å²) in [4.78, 5) is 22.1. The number of carbonyl (C=O) groups excluding carboxylic acids is 1. The number of carbonyl (C=O) groups is 2. The van der Waals surface area contributed by atoms with Gasteiger partial charge < -0.3 is 20.9 Å². The van der Waals surface area contributed by atoms with Crippen LogP contribution in [0.15, 0.2) is 0 Å². The van der Waals surface area contributed by atoms with E-state index in [1.54, 1.807) is 0 Å². The monoisotopic (exact) mass is 230 g/mol. The summed E-state index contributed by atoms with van der Waals surface area (Å²) in [6.45, 7) is 1.17. The van der Waals surface area contributed by atoms with Gasteiger partial charge in [-0.2, -0.15) is 0 Å². The number of unbranched alkanes of at least 4 members (excludes halogenated alkanes) is 1. The number of nitrogens with one attached hydrogen (secondary N) is 1. The second-order valence-corrected chi connectivity index (χ2v) is 3.82. The second kappa shape index (κ2) is 6.44. The predicted molar refractivity (Wildman–Crippen MR) is 56.8 cm³/mol. The van der Waals surface area contributed by atoms with Gasteiger partial charge in [-0.25, -0.2) is 4.79 Å². The van der Waals surface area contributed by atoms with Crippen LogP contribution in [0.1, 0.15) is 25.7 Å². The summed E-state index contributed by atoms with van der Waals surface area (Å²) in [5.41, 5.74) is 5.32. The smallest absolute Gasteiger partial charge is 0.332 e. The van der Waals surface area contributed by atoms with Crippen LogP contribution in [0.3, 0.4) is 0 Å². The van der Waals surface area contributed by atoms with E-state index in [1.165, 1.54) is 0 Å². The van der Waals surface area contributed by atoms with Gasteiger partial charge in [0.25, 0.3) is 0 Å². The Bertz CT molecular complexity index is 257. The molecule has 1 amide bonds. The number of carboxylic acid groups (broad SMARTS) is 1. The van der Waals surface area contributed by atoms with Gasteiger partial charge in [0.2, 0.25) is 5.91 Å². The van der Waals surface area contributed by atoms with Crippen molar-refractivity contribution >= 4 is 11.9 Å². The third-order valence-corrected chi connectivity index (χ3v) is 2.52. The standard InChI is InChI=1S/C10H18N2O4/c11-5-1-2-6-12-9(13)7-3-4-8(16-7)10(14)15/h7-8H,1-6,11H2,(H,12,13)(H,14,15)/t7-,8+/m0/s1. The van der Waals surface area contributed by atoms with E-state index in [0.29, 0.717) is 25.9 Å². The highest BCUT2D eigenvalue weighted by molar-refractivity contribution is 5.82. The molecule has 6 heteroatoms. The van der Waals surface area contributed by atoms with Gasteiger partial charge >= 0.3 is 5.97 Å². The van der Waals surface area contributed by atoms with Crippen LogP contribution in [0, 0.1) is 0 Å². The zero-order valence-electron chi connectivity index (χ0n) is 9.15. The van der Waals surface area contributed by atoms with Crippen molar-refractivity contribution in [1.82, 2.24) is 5.32 Å². The van der Waals surface area contributed by atoms with Crippen molar-refractivity contribution in [2.24, 2.45) is 5.73 Å². The zero-order valence-corrected chi connectivity index (χ0v) is 9.15. The molecule has 16 heavy (non-hydrogen) atoms. The number of hydrogen-bond acceptors (Lipinski definition) is 4. The molecule has 1 heterocycles. The molecule has 0 aromatic heterocycles. The van der Waals surface area contributed by atoms with Crippen LogP contribution in [0.25, 0.3) is 0 Å². The minimum atomic E-state index is -1.00. The summed E-state index contributed by atoms with van der Waals surface area (Å²) >= 11 is 0. The molecule has 1 aliphatic heterocycles. The largest absolute Gasteiger partial charge is 0.479 e. The number of nitrogens with two attached hydrogens (primary N) is 1. The van der Waals surface area contributed by atoms with Crippen molar-refractivity contribution in [2.75, 3.05) is 13.1 Å². The molecule has 0 aliphatic carbocycles. The maximum atomic E-state index is 11.5. The average molecular weight is 230 g/mol. The SMILES string of the molecule is NCCCCNC(=O)[C@@H]1CC[C@H](C(=O)O)O1. The van der Waals surface area contributed by atoms with E-state index in [4.69, 9.17) is 15.6 Å². The second-order valence-electron chi connectivity index (χ2n) is 3.82. The first-order valence-electron chi connectivity index (χ1n) is 5.51. The van der Waals surface area contributed by atoms with Crippen LogP contribution in [-0.2, 0) is 14.3 Å². The highest BCUT2D eigenvalue weighted by Gasteiger charge is 2.34. The quantitative estimate of drug-likeness (QED) is 0.533. The molecule has 4 N–H and O–H groups in total. The number of carboxylic acids is 1. The number of ether oxygens (including phenoxy) is 1. The highest BCUT2D eigenvalue weighted by Crippen LogP contribution is 2.19. The Kier molecular flexibility index (Phi) is 5.21. The predicted octanol–water partition coefficient (Wildman–Crippen LogP) is -0.526. The minimum absolute atomic E-state index is 0.222. The summed E-state index contributed by atoms with van der Waals surface area (Å²) < 4.78 is 5.11. The van der Waals surface area contributed by atoms with Crippen molar-refractivity contribution in [3.63, 3.8) is 0 Å². The maximum Gasteiger partial charge on any atom is 0.332 e. The fourth-order valence-electron chi connectivity index (χ4n) is 1.61. The fourth-order valence-corrected chi connectivity index (χ4v) is 1.61. The Morgan fingerprint density at radius 1 is 1.31 bits per heavy atom. The third-order valence-electron chi connectivity index (χ3n) is 2.52. The van der Waals surface area contributed by atoms with E-state index in [-0.39, 0.29) is 5.91 Å². The lowest BCUT2D eigenvalue weighted by atomic mass is 10.2. The molecule has 2 atom stereocenters.